The lowest BCUT2D eigenvalue weighted by Gasteiger charge is -2.14. The van der Waals surface area contributed by atoms with Crippen LogP contribution in [0.25, 0.3) is 0 Å². The number of aliphatic carboxylic acids is 1. The van der Waals surface area contributed by atoms with Crippen LogP contribution < -0.4 is 5.32 Å². The Balaban J connectivity index is 2.90. The summed E-state index contributed by atoms with van der Waals surface area (Å²) in [7, 11) is -4.69. The molecule has 0 aliphatic rings. The number of halogens is 2. The van der Waals surface area contributed by atoms with Crippen LogP contribution in [0.3, 0.4) is 0 Å². The van der Waals surface area contributed by atoms with Crippen molar-refractivity contribution < 1.29 is 27.1 Å². The van der Waals surface area contributed by atoms with Crippen molar-refractivity contribution in [1.29, 1.82) is 0 Å². The Bertz CT molecular complexity index is 575. The van der Waals surface area contributed by atoms with Gasteiger partial charge in [-0.05, 0) is 18.1 Å². The van der Waals surface area contributed by atoms with E-state index in [1.807, 2.05) is 0 Å². The summed E-state index contributed by atoms with van der Waals surface area (Å²) in [6, 6.07) is 5.31. The summed E-state index contributed by atoms with van der Waals surface area (Å²) in [6.07, 6.45) is -0.100. The van der Waals surface area contributed by atoms with Gasteiger partial charge in [-0.1, -0.05) is 19.1 Å². The largest absolute Gasteiger partial charge is 0.481 e. The fraction of sp³-hybridized carbons (Fsp3) is 0.417. The third-order valence-electron chi connectivity index (χ3n) is 2.59. The van der Waals surface area contributed by atoms with Crippen LogP contribution in [0.5, 0.6) is 0 Å². The van der Waals surface area contributed by atoms with Crippen LogP contribution in [0.4, 0.5) is 14.5 Å². The smallest absolute Gasteiger partial charge is 0.341 e. The summed E-state index contributed by atoms with van der Waals surface area (Å²) in [6.45, 7) is 1.83. The molecule has 112 valence electrons. The van der Waals surface area contributed by atoms with Gasteiger partial charge in [-0.15, -0.1) is 0 Å². The number of carbonyl (C=O) groups is 1. The number of anilines is 1. The molecule has 0 amide bonds. The highest BCUT2D eigenvalue weighted by Gasteiger charge is 2.28. The van der Waals surface area contributed by atoms with Gasteiger partial charge in [0.05, 0.1) is 10.6 Å². The second kappa shape index (κ2) is 6.65. The molecule has 20 heavy (non-hydrogen) atoms. The van der Waals surface area contributed by atoms with Crippen molar-refractivity contribution in [3.63, 3.8) is 0 Å². The van der Waals surface area contributed by atoms with Gasteiger partial charge in [0.25, 0.3) is 0 Å². The normalized spacial score (nSPS) is 13.2. The molecular weight excluding hydrogens is 292 g/mol. The molecule has 1 aromatic rings. The summed E-state index contributed by atoms with van der Waals surface area (Å²) < 4.78 is 48.1. The van der Waals surface area contributed by atoms with Gasteiger partial charge in [0.1, 0.15) is 0 Å². The van der Waals surface area contributed by atoms with Gasteiger partial charge in [-0.3, -0.25) is 4.79 Å². The van der Waals surface area contributed by atoms with E-state index in [1.165, 1.54) is 18.2 Å². The standard InChI is InChI=1S/C12H15F2NO4S/c1-8(6-11(16)17)7-15-9-4-2-3-5-10(9)20(18,19)12(13)14/h2-5,8,12,15H,6-7H2,1H3,(H,16,17). The molecule has 5 nitrogen and oxygen atoms in total. The molecule has 8 heteroatoms. The lowest BCUT2D eigenvalue weighted by Crippen LogP contribution is -2.18. The van der Waals surface area contributed by atoms with Crippen LogP contribution in [0.2, 0.25) is 0 Å². The van der Waals surface area contributed by atoms with Crippen molar-refractivity contribution in [1.82, 2.24) is 0 Å². The fourth-order valence-electron chi connectivity index (χ4n) is 1.61. The Kier molecular flexibility index (Phi) is 5.43. The highest BCUT2D eigenvalue weighted by molar-refractivity contribution is 7.91. The van der Waals surface area contributed by atoms with Gasteiger partial charge in [-0.25, -0.2) is 8.42 Å². The monoisotopic (exact) mass is 307 g/mol. The molecule has 0 fully saturated rings. The van der Waals surface area contributed by atoms with E-state index in [0.29, 0.717) is 0 Å². The second-order valence-corrected chi connectivity index (χ2v) is 6.27. The van der Waals surface area contributed by atoms with E-state index in [2.05, 4.69) is 5.32 Å². The maximum absolute atomic E-state index is 12.6. The number of nitrogens with one attached hydrogen (secondary N) is 1. The Morgan fingerprint density at radius 3 is 2.50 bits per heavy atom. The third kappa shape index (κ3) is 4.16. The molecule has 1 rings (SSSR count). The molecule has 1 aromatic carbocycles. The maximum atomic E-state index is 12.6. The summed E-state index contributed by atoms with van der Waals surface area (Å²) in [5.74, 6) is -4.75. The maximum Gasteiger partial charge on any atom is 0.341 e. The lowest BCUT2D eigenvalue weighted by atomic mass is 10.1. The van der Waals surface area contributed by atoms with Gasteiger partial charge in [-0.2, -0.15) is 8.78 Å². The molecule has 0 spiro atoms. The van der Waals surface area contributed by atoms with E-state index in [-0.39, 0.29) is 24.6 Å². The van der Waals surface area contributed by atoms with E-state index >= 15 is 0 Å². The summed E-state index contributed by atoms with van der Waals surface area (Å²) in [5.41, 5.74) is 0.0463. The zero-order valence-electron chi connectivity index (χ0n) is 10.7. The molecule has 0 saturated heterocycles. The first-order valence-electron chi connectivity index (χ1n) is 5.82. The first-order valence-corrected chi connectivity index (χ1v) is 7.36. The van der Waals surface area contributed by atoms with Crippen molar-refractivity contribution >= 4 is 21.5 Å². The van der Waals surface area contributed by atoms with E-state index < -0.39 is 26.5 Å². The minimum absolute atomic E-state index is 0.0463. The number of hydrogen-bond acceptors (Lipinski definition) is 4. The Morgan fingerprint density at radius 1 is 1.35 bits per heavy atom. The van der Waals surface area contributed by atoms with Crippen LogP contribution in [-0.4, -0.2) is 31.8 Å². The SMILES string of the molecule is CC(CNc1ccccc1S(=O)(=O)C(F)F)CC(=O)O. The van der Waals surface area contributed by atoms with Gasteiger partial charge >= 0.3 is 11.7 Å². The predicted molar refractivity (Wildman–Crippen MR) is 69.5 cm³/mol. The summed E-state index contributed by atoms with van der Waals surface area (Å²) in [4.78, 5) is 10.0. The average Bonchev–Trinajstić information content (AvgIpc) is 2.35. The number of benzene rings is 1. The topological polar surface area (TPSA) is 83.5 Å². The van der Waals surface area contributed by atoms with Gasteiger partial charge < -0.3 is 10.4 Å². The number of hydrogen-bond donors (Lipinski definition) is 2. The Labute approximate surface area is 115 Å². The Morgan fingerprint density at radius 2 is 1.95 bits per heavy atom. The predicted octanol–water partition coefficient (Wildman–Crippen LogP) is 2.21. The molecule has 1 unspecified atom stereocenters. The number of sulfone groups is 1. The zero-order chi connectivity index (χ0) is 15.3. The number of carboxylic acids is 1. The number of para-hydroxylation sites is 1. The van der Waals surface area contributed by atoms with Crippen molar-refractivity contribution in [2.75, 3.05) is 11.9 Å². The molecule has 0 saturated carbocycles. The van der Waals surface area contributed by atoms with Gasteiger partial charge in [0, 0.05) is 13.0 Å². The van der Waals surface area contributed by atoms with Crippen LogP contribution in [0, 0.1) is 5.92 Å². The molecule has 0 aliphatic carbocycles. The van der Waals surface area contributed by atoms with Crippen molar-refractivity contribution in [2.45, 2.75) is 24.0 Å². The summed E-state index contributed by atoms with van der Waals surface area (Å²) >= 11 is 0. The third-order valence-corrected chi connectivity index (χ3v) is 4.03. The first kappa shape index (κ1) is 16.4. The van der Waals surface area contributed by atoms with E-state index in [4.69, 9.17) is 5.11 Å². The molecular formula is C12H15F2NO4S. The zero-order valence-corrected chi connectivity index (χ0v) is 11.5. The quantitative estimate of drug-likeness (QED) is 0.807. The highest BCUT2D eigenvalue weighted by Crippen LogP contribution is 2.26. The number of rotatable bonds is 7. The molecule has 1 atom stereocenters. The minimum atomic E-state index is -4.69. The van der Waals surface area contributed by atoms with Crippen LogP contribution >= 0.6 is 0 Å². The van der Waals surface area contributed by atoms with E-state index in [1.54, 1.807) is 6.92 Å². The molecule has 0 aliphatic heterocycles. The molecule has 0 radical (unpaired) electrons. The first-order chi connectivity index (χ1) is 9.25. The molecule has 0 aromatic heterocycles. The Hall–Kier alpha value is -1.70. The van der Waals surface area contributed by atoms with E-state index in [0.717, 1.165) is 6.07 Å². The van der Waals surface area contributed by atoms with Crippen molar-refractivity contribution in [3.8, 4) is 0 Å². The number of carboxylic acid groups (broad SMARTS) is 1. The highest BCUT2D eigenvalue weighted by atomic mass is 32.2. The molecule has 0 heterocycles. The van der Waals surface area contributed by atoms with Crippen LogP contribution in [0.1, 0.15) is 13.3 Å². The van der Waals surface area contributed by atoms with E-state index in [9.17, 15) is 22.0 Å². The lowest BCUT2D eigenvalue weighted by molar-refractivity contribution is -0.137. The van der Waals surface area contributed by atoms with Crippen molar-refractivity contribution in [3.05, 3.63) is 24.3 Å². The fourth-order valence-corrected chi connectivity index (χ4v) is 2.52. The molecule has 0 bridgehead atoms. The second-order valence-electron chi connectivity index (χ2n) is 4.39. The van der Waals surface area contributed by atoms with Crippen LogP contribution in [-0.2, 0) is 14.6 Å². The summed E-state index contributed by atoms with van der Waals surface area (Å²) in [5, 5.41) is 11.3. The number of alkyl halides is 2. The van der Waals surface area contributed by atoms with Crippen LogP contribution in [0.15, 0.2) is 29.2 Å². The minimum Gasteiger partial charge on any atom is -0.481 e. The van der Waals surface area contributed by atoms with Gasteiger partial charge in [0.2, 0.25) is 9.84 Å². The average molecular weight is 307 g/mol. The van der Waals surface area contributed by atoms with Crippen molar-refractivity contribution in [2.24, 2.45) is 5.92 Å². The molecule has 2 N–H and O–H groups in total. The van der Waals surface area contributed by atoms with Gasteiger partial charge in [0.15, 0.2) is 0 Å².